The van der Waals surface area contributed by atoms with Crippen molar-refractivity contribution in [2.24, 2.45) is 0 Å². The molecule has 1 aromatic carbocycles. The zero-order valence-electron chi connectivity index (χ0n) is 12.5. The van der Waals surface area contributed by atoms with Crippen molar-refractivity contribution < 1.29 is 19.4 Å². The maximum absolute atomic E-state index is 12.2. The Morgan fingerprint density at radius 2 is 1.95 bits per heavy atom. The second-order valence-corrected chi connectivity index (χ2v) is 4.99. The molecule has 0 aliphatic heterocycles. The normalized spacial score (nSPS) is 10.1. The standard InChI is InChI=1S/C15H21ClN2O4/c1-2-22-14(20)8-10-18(9-3-11-19)15(21)17-13-6-4-12(16)5-7-13/h4-7,19H,2-3,8-11H2,1H3,(H,17,21). The molecule has 0 atom stereocenters. The lowest BCUT2D eigenvalue weighted by atomic mass is 10.3. The Kier molecular flexibility index (Phi) is 8.32. The molecule has 0 saturated heterocycles. The number of benzene rings is 1. The monoisotopic (exact) mass is 328 g/mol. The van der Waals surface area contributed by atoms with Crippen LogP contribution in [0.2, 0.25) is 5.02 Å². The highest BCUT2D eigenvalue weighted by molar-refractivity contribution is 6.30. The molecule has 22 heavy (non-hydrogen) atoms. The van der Waals surface area contributed by atoms with Crippen molar-refractivity contribution in [1.82, 2.24) is 4.90 Å². The van der Waals surface area contributed by atoms with Crippen LogP contribution in [0.3, 0.4) is 0 Å². The Bertz CT molecular complexity index is 479. The van der Waals surface area contributed by atoms with Crippen LogP contribution in [-0.4, -0.2) is 48.3 Å². The van der Waals surface area contributed by atoms with Gasteiger partial charge in [0.2, 0.25) is 0 Å². The van der Waals surface area contributed by atoms with E-state index in [0.29, 0.717) is 30.3 Å². The van der Waals surface area contributed by atoms with Gasteiger partial charge in [-0.05, 0) is 37.6 Å². The fourth-order valence-electron chi connectivity index (χ4n) is 1.77. The molecule has 0 saturated carbocycles. The van der Waals surface area contributed by atoms with Gasteiger partial charge >= 0.3 is 12.0 Å². The molecule has 0 bridgehead atoms. The minimum Gasteiger partial charge on any atom is -0.466 e. The van der Waals surface area contributed by atoms with Gasteiger partial charge in [-0.15, -0.1) is 0 Å². The molecule has 6 nitrogen and oxygen atoms in total. The Balaban J connectivity index is 2.58. The first kappa shape index (κ1) is 18.3. The van der Waals surface area contributed by atoms with Crippen molar-refractivity contribution in [1.29, 1.82) is 0 Å². The largest absolute Gasteiger partial charge is 0.466 e. The van der Waals surface area contributed by atoms with Crippen molar-refractivity contribution in [3.05, 3.63) is 29.3 Å². The number of nitrogens with one attached hydrogen (secondary N) is 1. The first-order valence-electron chi connectivity index (χ1n) is 7.14. The number of amides is 2. The molecule has 1 aromatic rings. The summed E-state index contributed by atoms with van der Waals surface area (Å²) in [6.45, 7) is 2.61. The molecule has 122 valence electrons. The first-order valence-corrected chi connectivity index (χ1v) is 7.52. The molecule has 0 spiro atoms. The van der Waals surface area contributed by atoms with Crippen LogP contribution in [0.5, 0.6) is 0 Å². The number of aliphatic hydroxyl groups excluding tert-OH is 1. The van der Waals surface area contributed by atoms with Gasteiger partial charge in [0.1, 0.15) is 0 Å². The van der Waals surface area contributed by atoms with Gasteiger partial charge < -0.3 is 20.1 Å². The van der Waals surface area contributed by atoms with Gasteiger partial charge in [-0.2, -0.15) is 0 Å². The van der Waals surface area contributed by atoms with Crippen LogP contribution in [0.1, 0.15) is 19.8 Å². The topological polar surface area (TPSA) is 78.9 Å². The minimum absolute atomic E-state index is 0.0237. The number of nitrogens with zero attached hydrogens (tertiary/aromatic N) is 1. The average molecular weight is 329 g/mol. The molecule has 1 rings (SSSR count). The van der Waals surface area contributed by atoms with E-state index in [1.807, 2.05) is 0 Å². The van der Waals surface area contributed by atoms with E-state index < -0.39 is 0 Å². The van der Waals surface area contributed by atoms with E-state index in [0.717, 1.165) is 0 Å². The molecular weight excluding hydrogens is 308 g/mol. The zero-order chi connectivity index (χ0) is 16.4. The molecule has 0 fully saturated rings. The highest BCUT2D eigenvalue weighted by Crippen LogP contribution is 2.14. The zero-order valence-corrected chi connectivity index (χ0v) is 13.3. The summed E-state index contributed by atoms with van der Waals surface area (Å²) in [5.74, 6) is -0.351. The number of carbonyl (C=O) groups is 2. The van der Waals surface area contributed by atoms with E-state index in [2.05, 4.69) is 5.32 Å². The molecular formula is C15H21ClN2O4. The molecule has 0 aromatic heterocycles. The summed E-state index contributed by atoms with van der Waals surface area (Å²) in [6, 6.07) is 6.40. The quantitative estimate of drug-likeness (QED) is 0.719. The van der Waals surface area contributed by atoms with E-state index in [-0.39, 0.29) is 31.6 Å². The third kappa shape index (κ3) is 6.78. The predicted molar refractivity (Wildman–Crippen MR) is 85.0 cm³/mol. The first-order chi connectivity index (χ1) is 10.6. The summed E-state index contributed by atoms with van der Waals surface area (Å²) in [7, 11) is 0. The fraction of sp³-hybridized carbons (Fsp3) is 0.467. The molecule has 0 aliphatic rings. The van der Waals surface area contributed by atoms with Crippen LogP contribution >= 0.6 is 11.6 Å². The Hall–Kier alpha value is -1.79. The predicted octanol–water partition coefficient (Wildman–Crippen LogP) is 2.51. The summed E-state index contributed by atoms with van der Waals surface area (Å²) in [4.78, 5) is 25.1. The van der Waals surface area contributed by atoms with Gasteiger partial charge in [0.05, 0.1) is 13.0 Å². The van der Waals surface area contributed by atoms with E-state index in [1.165, 1.54) is 4.90 Å². The van der Waals surface area contributed by atoms with Crippen molar-refractivity contribution >= 4 is 29.3 Å². The fourth-order valence-corrected chi connectivity index (χ4v) is 1.90. The van der Waals surface area contributed by atoms with Crippen molar-refractivity contribution in [3.63, 3.8) is 0 Å². The molecule has 0 unspecified atom stereocenters. The second-order valence-electron chi connectivity index (χ2n) is 4.56. The van der Waals surface area contributed by atoms with Crippen molar-refractivity contribution in [2.75, 3.05) is 31.6 Å². The highest BCUT2D eigenvalue weighted by Gasteiger charge is 2.15. The average Bonchev–Trinajstić information content (AvgIpc) is 2.50. The third-order valence-electron chi connectivity index (χ3n) is 2.86. The van der Waals surface area contributed by atoms with Gasteiger partial charge in [-0.3, -0.25) is 4.79 Å². The Morgan fingerprint density at radius 3 is 2.55 bits per heavy atom. The van der Waals surface area contributed by atoms with Crippen LogP contribution in [-0.2, 0) is 9.53 Å². The lowest BCUT2D eigenvalue weighted by molar-refractivity contribution is -0.143. The van der Waals surface area contributed by atoms with Crippen LogP contribution in [0.25, 0.3) is 0 Å². The number of rotatable bonds is 8. The number of anilines is 1. The maximum atomic E-state index is 12.2. The Labute approximate surface area is 135 Å². The van der Waals surface area contributed by atoms with Gasteiger partial charge in [-0.25, -0.2) is 4.79 Å². The van der Waals surface area contributed by atoms with Gasteiger partial charge in [0.25, 0.3) is 0 Å². The number of ether oxygens (including phenoxy) is 1. The van der Waals surface area contributed by atoms with Crippen molar-refractivity contribution in [3.8, 4) is 0 Å². The summed E-state index contributed by atoms with van der Waals surface area (Å²) >= 11 is 5.79. The van der Waals surface area contributed by atoms with E-state index in [1.54, 1.807) is 31.2 Å². The molecule has 0 heterocycles. The molecule has 2 N–H and O–H groups in total. The van der Waals surface area contributed by atoms with E-state index >= 15 is 0 Å². The molecule has 7 heteroatoms. The van der Waals surface area contributed by atoms with Crippen LogP contribution in [0, 0.1) is 0 Å². The highest BCUT2D eigenvalue weighted by atomic mass is 35.5. The lowest BCUT2D eigenvalue weighted by Gasteiger charge is -2.22. The van der Waals surface area contributed by atoms with Gasteiger partial charge in [0, 0.05) is 30.4 Å². The number of aliphatic hydroxyl groups is 1. The summed E-state index contributed by atoms with van der Waals surface area (Å²) in [5, 5.41) is 12.2. The number of carbonyl (C=O) groups excluding carboxylic acids is 2. The van der Waals surface area contributed by atoms with E-state index in [9.17, 15) is 9.59 Å². The van der Waals surface area contributed by atoms with E-state index in [4.69, 9.17) is 21.4 Å². The number of halogens is 1. The number of hydrogen-bond acceptors (Lipinski definition) is 4. The molecule has 2 amide bonds. The maximum Gasteiger partial charge on any atom is 0.321 e. The van der Waals surface area contributed by atoms with Crippen LogP contribution < -0.4 is 5.32 Å². The molecule has 0 radical (unpaired) electrons. The van der Waals surface area contributed by atoms with Crippen LogP contribution in [0.15, 0.2) is 24.3 Å². The van der Waals surface area contributed by atoms with Gasteiger partial charge in [0.15, 0.2) is 0 Å². The number of hydrogen-bond donors (Lipinski definition) is 2. The summed E-state index contributed by atoms with van der Waals surface area (Å²) in [6.07, 6.45) is 0.560. The third-order valence-corrected chi connectivity index (χ3v) is 3.11. The summed E-state index contributed by atoms with van der Waals surface area (Å²) in [5.41, 5.74) is 0.611. The number of esters is 1. The van der Waals surface area contributed by atoms with Gasteiger partial charge in [-0.1, -0.05) is 11.6 Å². The number of urea groups is 1. The lowest BCUT2D eigenvalue weighted by Crippen LogP contribution is -2.37. The SMILES string of the molecule is CCOC(=O)CCN(CCCO)C(=O)Nc1ccc(Cl)cc1. The summed E-state index contributed by atoms with van der Waals surface area (Å²) < 4.78 is 4.85. The van der Waals surface area contributed by atoms with Crippen molar-refractivity contribution in [2.45, 2.75) is 19.8 Å². The smallest absolute Gasteiger partial charge is 0.321 e. The Morgan fingerprint density at radius 1 is 1.27 bits per heavy atom. The molecule has 0 aliphatic carbocycles. The minimum atomic E-state index is -0.351. The second kappa shape index (κ2) is 10.0. The van der Waals surface area contributed by atoms with Crippen LogP contribution in [0.4, 0.5) is 10.5 Å².